The van der Waals surface area contributed by atoms with Crippen molar-refractivity contribution in [3.8, 4) is 11.5 Å². The number of piperidine rings is 1. The van der Waals surface area contributed by atoms with Gasteiger partial charge in [0.25, 0.3) is 5.91 Å². The van der Waals surface area contributed by atoms with E-state index in [0.717, 1.165) is 17.1 Å². The van der Waals surface area contributed by atoms with E-state index in [9.17, 15) is 14.7 Å². The highest BCUT2D eigenvalue weighted by Gasteiger charge is 2.53. The van der Waals surface area contributed by atoms with Crippen LogP contribution in [-0.4, -0.2) is 72.8 Å². The Balaban J connectivity index is 1.69. The Bertz CT molecular complexity index is 663. The molecule has 8 nitrogen and oxygen atoms in total. The number of rotatable bonds is 6. The van der Waals surface area contributed by atoms with Gasteiger partial charge in [0.15, 0.2) is 0 Å². The maximum absolute atomic E-state index is 12.4. The number of ether oxygens (including phenoxy) is 2. The molecule has 0 bridgehead atoms. The van der Waals surface area contributed by atoms with Gasteiger partial charge in [0.2, 0.25) is 0 Å². The van der Waals surface area contributed by atoms with Gasteiger partial charge in [0.1, 0.15) is 17.0 Å². The molecule has 1 aromatic carbocycles. The molecule has 0 radical (unpaired) electrons. The fourth-order valence-corrected chi connectivity index (χ4v) is 3.81. The molecule has 0 aromatic heterocycles. The monoisotopic (exact) mass is 363 g/mol. The van der Waals surface area contributed by atoms with Crippen LogP contribution in [0, 0.1) is 0 Å². The molecule has 0 unspecified atom stereocenters. The number of benzene rings is 1. The fraction of sp³-hybridized carbons (Fsp3) is 0.556. The zero-order chi connectivity index (χ0) is 18.7. The molecule has 26 heavy (non-hydrogen) atoms. The molecule has 0 aliphatic carbocycles. The number of aliphatic hydroxyl groups is 1. The fourth-order valence-electron chi connectivity index (χ4n) is 3.81. The van der Waals surface area contributed by atoms with E-state index in [1.807, 2.05) is 18.2 Å². The SMILES string of the molecule is COc1cc(CN2CCC3(CC2)C(=O)NC(=O)N3CCO)cc(OC)c1. The maximum atomic E-state index is 12.4. The first-order chi connectivity index (χ1) is 12.5. The molecular formula is C18H25N3O5. The van der Waals surface area contributed by atoms with Crippen molar-refractivity contribution in [1.29, 1.82) is 0 Å². The van der Waals surface area contributed by atoms with Gasteiger partial charge in [-0.15, -0.1) is 0 Å². The highest BCUT2D eigenvalue weighted by atomic mass is 16.5. The largest absolute Gasteiger partial charge is 0.497 e. The predicted octanol–water partition coefficient (Wildman–Crippen LogP) is 0.583. The van der Waals surface area contributed by atoms with Crippen LogP contribution in [0.5, 0.6) is 11.5 Å². The van der Waals surface area contributed by atoms with Crippen LogP contribution in [0.25, 0.3) is 0 Å². The molecule has 1 spiro atoms. The molecule has 2 saturated heterocycles. The molecular weight excluding hydrogens is 338 g/mol. The molecule has 2 aliphatic rings. The minimum absolute atomic E-state index is 0.157. The Labute approximate surface area is 152 Å². The van der Waals surface area contributed by atoms with Gasteiger partial charge >= 0.3 is 6.03 Å². The van der Waals surface area contributed by atoms with Crippen LogP contribution in [0.15, 0.2) is 18.2 Å². The lowest BCUT2D eigenvalue weighted by Crippen LogP contribution is -2.56. The second-order valence-electron chi connectivity index (χ2n) is 6.66. The number of aliphatic hydroxyl groups excluding tert-OH is 1. The number of hydrogen-bond donors (Lipinski definition) is 2. The van der Waals surface area contributed by atoms with Crippen molar-refractivity contribution in [2.45, 2.75) is 24.9 Å². The predicted molar refractivity (Wildman–Crippen MR) is 94.1 cm³/mol. The molecule has 0 atom stereocenters. The van der Waals surface area contributed by atoms with Gasteiger partial charge in [0.05, 0.1) is 20.8 Å². The minimum Gasteiger partial charge on any atom is -0.497 e. The number of nitrogens with one attached hydrogen (secondary N) is 1. The quantitative estimate of drug-likeness (QED) is 0.719. The normalized spacial score (nSPS) is 19.7. The number of urea groups is 1. The summed E-state index contributed by atoms with van der Waals surface area (Å²) < 4.78 is 10.6. The number of amides is 3. The summed E-state index contributed by atoms with van der Waals surface area (Å²) in [7, 11) is 3.24. The number of carbonyl (C=O) groups excluding carboxylic acids is 2. The van der Waals surface area contributed by atoms with Gasteiger partial charge in [-0.05, 0) is 30.5 Å². The average Bonchev–Trinajstić information content (AvgIpc) is 2.87. The van der Waals surface area contributed by atoms with Crippen LogP contribution in [-0.2, 0) is 11.3 Å². The third kappa shape index (κ3) is 3.34. The molecule has 2 aliphatic heterocycles. The number of methoxy groups -OCH3 is 2. The van der Waals surface area contributed by atoms with Gasteiger partial charge in [-0.2, -0.15) is 0 Å². The number of nitrogens with zero attached hydrogens (tertiary/aromatic N) is 2. The highest BCUT2D eigenvalue weighted by Crippen LogP contribution is 2.34. The molecule has 2 N–H and O–H groups in total. The van der Waals surface area contributed by atoms with Crippen LogP contribution in [0.2, 0.25) is 0 Å². The molecule has 2 heterocycles. The molecule has 0 saturated carbocycles. The standard InChI is InChI=1S/C18H25N3O5/c1-25-14-9-13(10-15(11-14)26-2)12-20-5-3-18(4-6-20)16(23)19-17(24)21(18)7-8-22/h9-11,22H,3-8,12H2,1-2H3,(H,19,23,24). The van der Waals surface area contributed by atoms with Crippen LogP contribution in [0.4, 0.5) is 4.79 Å². The average molecular weight is 363 g/mol. The summed E-state index contributed by atoms with van der Waals surface area (Å²) in [5.41, 5.74) is 0.235. The third-order valence-corrected chi connectivity index (χ3v) is 5.23. The molecule has 142 valence electrons. The van der Waals surface area contributed by atoms with Crippen LogP contribution >= 0.6 is 0 Å². The van der Waals surface area contributed by atoms with E-state index in [-0.39, 0.29) is 19.1 Å². The van der Waals surface area contributed by atoms with Crippen molar-refractivity contribution in [1.82, 2.24) is 15.1 Å². The third-order valence-electron chi connectivity index (χ3n) is 5.23. The summed E-state index contributed by atoms with van der Waals surface area (Å²) in [6.45, 7) is 2.09. The second kappa shape index (κ2) is 7.51. The van der Waals surface area contributed by atoms with E-state index in [0.29, 0.717) is 32.5 Å². The lowest BCUT2D eigenvalue weighted by molar-refractivity contribution is -0.129. The van der Waals surface area contributed by atoms with E-state index in [1.54, 1.807) is 14.2 Å². The van der Waals surface area contributed by atoms with Gasteiger partial charge in [-0.1, -0.05) is 0 Å². The minimum atomic E-state index is -0.831. The molecule has 8 heteroatoms. The number of carbonyl (C=O) groups is 2. The smallest absolute Gasteiger partial charge is 0.325 e. The van der Waals surface area contributed by atoms with Crippen molar-refractivity contribution in [3.63, 3.8) is 0 Å². The molecule has 1 aromatic rings. The van der Waals surface area contributed by atoms with E-state index in [2.05, 4.69) is 10.2 Å². The van der Waals surface area contributed by atoms with E-state index >= 15 is 0 Å². The first-order valence-corrected chi connectivity index (χ1v) is 8.70. The first-order valence-electron chi connectivity index (χ1n) is 8.70. The summed E-state index contributed by atoms with van der Waals surface area (Å²) in [6, 6.07) is 5.36. The van der Waals surface area contributed by atoms with Gasteiger partial charge < -0.3 is 19.5 Å². The zero-order valence-electron chi connectivity index (χ0n) is 15.2. The van der Waals surface area contributed by atoms with Crippen molar-refractivity contribution in [2.24, 2.45) is 0 Å². The van der Waals surface area contributed by atoms with Crippen molar-refractivity contribution < 1.29 is 24.2 Å². The van der Waals surface area contributed by atoms with Crippen LogP contribution in [0.3, 0.4) is 0 Å². The van der Waals surface area contributed by atoms with Crippen molar-refractivity contribution in [2.75, 3.05) is 40.5 Å². The highest BCUT2D eigenvalue weighted by molar-refractivity contribution is 6.07. The second-order valence-corrected chi connectivity index (χ2v) is 6.66. The summed E-state index contributed by atoms with van der Waals surface area (Å²) >= 11 is 0. The van der Waals surface area contributed by atoms with Gasteiger partial charge in [-0.25, -0.2) is 4.79 Å². The van der Waals surface area contributed by atoms with Crippen molar-refractivity contribution in [3.05, 3.63) is 23.8 Å². The number of hydrogen-bond acceptors (Lipinski definition) is 6. The topological polar surface area (TPSA) is 91.3 Å². The summed E-state index contributed by atoms with van der Waals surface area (Å²) in [5.74, 6) is 1.23. The summed E-state index contributed by atoms with van der Waals surface area (Å²) in [4.78, 5) is 28.1. The molecule has 3 amide bonds. The summed E-state index contributed by atoms with van der Waals surface area (Å²) in [6.07, 6.45) is 1.09. The Kier molecular flexibility index (Phi) is 5.33. The maximum Gasteiger partial charge on any atom is 0.325 e. The van der Waals surface area contributed by atoms with E-state index in [4.69, 9.17) is 9.47 Å². The van der Waals surface area contributed by atoms with Crippen LogP contribution in [0.1, 0.15) is 18.4 Å². The van der Waals surface area contributed by atoms with E-state index < -0.39 is 11.6 Å². The Morgan fingerprint density at radius 1 is 1.12 bits per heavy atom. The number of imide groups is 1. The molecule has 3 rings (SSSR count). The lowest BCUT2D eigenvalue weighted by Gasteiger charge is -2.42. The summed E-state index contributed by atoms with van der Waals surface area (Å²) in [5, 5.41) is 11.6. The van der Waals surface area contributed by atoms with E-state index in [1.165, 1.54) is 4.90 Å². The number of likely N-dealkylation sites (tertiary alicyclic amines) is 1. The van der Waals surface area contributed by atoms with Gasteiger partial charge in [0, 0.05) is 32.2 Å². The van der Waals surface area contributed by atoms with Crippen molar-refractivity contribution >= 4 is 11.9 Å². The Hall–Kier alpha value is -2.32. The van der Waals surface area contributed by atoms with Crippen LogP contribution < -0.4 is 14.8 Å². The number of β-amino-alcohol motifs (C(OH)–C–C–N with tert-alkyl or cyclic N) is 1. The lowest BCUT2D eigenvalue weighted by atomic mass is 9.86. The Morgan fingerprint density at radius 2 is 1.73 bits per heavy atom. The molecule has 2 fully saturated rings. The first kappa shape index (κ1) is 18.5. The Morgan fingerprint density at radius 3 is 2.27 bits per heavy atom. The van der Waals surface area contributed by atoms with Gasteiger partial charge in [-0.3, -0.25) is 15.0 Å². The zero-order valence-corrected chi connectivity index (χ0v) is 15.2.